The summed E-state index contributed by atoms with van der Waals surface area (Å²) < 4.78 is 5.74. The summed E-state index contributed by atoms with van der Waals surface area (Å²) in [6, 6.07) is 2.04. The number of thiazole rings is 1. The molecule has 0 radical (unpaired) electrons. The highest BCUT2D eigenvalue weighted by molar-refractivity contribution is 7.11. The number of nitrogens with one attached hydrogen (secondary N) is 1. The third-order valence-corrected chi connectivity index (χ3v) is 6.67. The number of nitrogens with zero attached hydrogens (tertiary/aromatic N) is 1. The molecule has 1 saturated heterocycles. The molecule has 0 aromatic carbocycles. The summed E-state index contributed by atoms with van der Waals surface area (Å²) in [5, 5.41) is 8.43. The lowest BCUT2D eigenvalue weighted by atomic mass is 9.93. The van der Waals surface area contributed by atoms with Crippen LogP contribution in [0.1, 0.15) is 33.6 Å². The molecule has 0 saturated carbocycles. The zero-order chi connectivity index (χ0) is 16.7. The Labute approximate surface area is 149 Å². The number of carbonyl (C=O) groups excluding carboxylic acids is 1. The molecule has 6 heteroatoms. The van der Waals surface area contributed by atoms with Crippen LogP contribution in [-0.4, -0.2) is 23.1 Å². The SMILES string of the molecule is Cc1nc([C@H](Cc2ccsc2)NC(=O)[C@H]2C[C@H]3C=C[C@H]2O3)sc1C. The first-order valence-electron chi connectivity index (χ1n) is 8.19. The molecule has 2 aliphatic rings. The average molecular weight is 361 g/mol. The number of thiophene rings is 1. The van der Waals surface area contributed by atoms with E-state index < -0.39 is 0 Å². The number of aryl methyl sites for hydroxylation is 2. The number of ether oxygens (including phenoxy) is 1. The number of hydrogen-bond acceptors (Lipinski definition) is 5. The molecule has 1 N–H and O–H groups in total. The number of aromatic nitrogens is 1. The van der Waals surface area contributed by atoms with Gasteiger partial charge in [0.25, 0.3) is 0 Å². The van der Waals surface area contributed by atoms with Gasteiger partial charge in [-0.15, -0.1) is 11.3 Å². The molecule has 2 bridgehead atoms. The first-order chi connectivity index (χ1) is 11.6. The molecular formula is C18H20N2O2S2. The summed E-state index contributed by atoms with van der Waals surface area (Å²) in [6.45, 7) is 4.10. The number of fused-ring (bicyclic) bond motifs is 2. The van der Waals surface area contributed by atoms with Gasteiger partial charge in [0.05, 0.1) is 29.9 Å². The summed E-state index contributed by atoms with van der Waals surface area (Å²) in [5.41, 5.74) is 2.28. The molecule has 0 aliphatic carbocycles. The van der Waals surface area contributed by atoms with Crippen molar-refractivity contribution < 1.29 is 9.53 Å². The monoisotopic (exact) mass is 360 g/mol. The van der Waals surface area contributed by atoms with E-state index in [1.54, 1.807) is 22.7 Å². The van der Waals surface area contributed by atoms with Crippen molar-refractivity contribution in [3.05, 3.63) is 50.1 Å². The van der Waals surface area contributed by atoms with Crippen molar-refractivity contribution >= 4 is 28.6 Å². The molecule has 126 valence electrons. The van der Waals surface area contributed by atoms with Crippen molar-refractivity contribution in [2.45, 2.75) is 44.9 Å². The highest BCUT2D eigenvalue weighted by atomic mass is 32.1. The summed E-state index contributed by atoms with van der Waals surface area (Å²) in [6.07, 6.45) is 5.70. The Morgan fingerprint density at radius 1 is 1.46 bits per heavy atom. The van der Waals surface area contributed by atoms with Gasteiger partial charge in [0.1, 0.15) is 5.01 Å². The second-order valence-corrected chi connectivity index (χ2v) is 8.47. The predicted molar refractivity (Wildman–Crippen MR) is 96.4 cm³/mol. The number of hydrogen-bond donors (Lipinski definition) is 1. The van der Waals surface area contributed by atoms with Crippen LogP contribution in [0, 0.1) is 19.8 Å². The van der Waals surface area contributed by atoms with Crippen LogP contribution in [0.5, 0.6) is 0 Å². The molecule has 24 heavy (non-hydrogen) atoms. The molecule has 0 unspecified atom stereocenters. The zero-order valence-electron chi connectivity index (χ0n) is 13.7. The highest BCUT2D eigenvalue weighted by Crippen LogP contribution is 2.35. The fourth-order valence-corrected chi connectivity index (χ4v) is 4.96. The van der Waals surface area contributed by atoms with Gasteiger partial charge in [0.2, 0.25) is 5.91 Å². The van der Waals surface area contributed by atoms with Crippen LogP contribution in [0.2, 0.25) is 0 Å². The summed E-state index contributed by atoms with van der Waals surface area (Å²) in [7, 11) is 0. The molecule has 2 aromatic rings. The van der Waals surface area contributed by atoms with Crippen molar-refractivity contribution in [2.24, 2.45) is 5.92 Å². The fraction of sp³-hybridized carbons (Fsp3) is 0.444. The molecule has 4 nitrogen and oxygen atoms in total. The maximum Gasteiger partial charge on any atom is 0.226 e. The first-order valence-corrected chi connectivity index (χ1v) is 9.95. The van der Waals surface area contributed by atoms with Crippen molar-refractivity contribution in [3.8, 4) is 0 Å². The Kier molecular flexibility index (Phi) is 4.28. The van der Waals surface area contributed by atoms with Crippen LogP contribution < -0.4 is 5.32 Å². The molecule has 4 rings (SSSR count). The van der Waals surface area contributed by atoms with E-state index >= 15 is 0 Å². The molecule has 0 spiro atoms. The maximum atomic E-state index is 12.8. The summed E-state index contributed by atoms with van der Waals surface area (Å²) >= 11 is 3.36. The minimum Gasteiger partial charge on any atom is -0.366 e. The van der Waals surface area contributed by atoms with E-state index in [0.29, 0.717) is 0 Å². The highest BCUT2D eigenvalue weighted by Gasteiger charge is 2.41. The Hall–Kier alpha value is -1.50. The van der Waals surface area contributed by atoms with E-state index in [4.69, 9.17) is 4.74 Å². The average Bonchev–Trinajstić information content (AvgIpc) is 3.33. The van der Waals surface area contributed by atoms with Crippen LogP contribution in [0.3, 0.4) is 0 Å². The van der Waals surface area contributed by atoms with Gasteiger partial charge in [-0.25, -0.2) is 4.98 Å². The molecule has 1 amide bonds. The first kappa shape index (κ1) is 16.0. The van der Waals surface area contributed by atoms with Gasteiger partial charge in [-0.05, 0) is 42.7 Å². The Morgan fingerprint density at radius 3 is 2.92 bits per heavy atom. The van der Waals surface area contributed by atoms with E-state index in [-0.39, 0.29) is 30.1 Å². The van der Waals surface area contributed by atoms with Crippen molar-refractivity contribution in [2.75, 3.05) is 0 Å². The van der Waals surface area contributed by atoms with E-state index in [0.717, 1.165) is 23.5 Å². The minimum absolute atomic E-state index is 0.0587. The van der Waals surface area contributed by atoms with Crippen LogP contribution in [0.25, 0.3) is 0 Å². The van der Waals surface area contributed by atoms with Crippen molar-refractivity contribution in [3.63, 3.8) is 0 Å². The lowest BCUT2D eigenvalue weighted by Crippen LogP contribution is -2.38. The number of carbonyl (C=O) groups is 1. The van der Waals surface area contributed by atoms with Crippen LogP contribution in [0.4, 0.5) is 0 Å². The second-order valence-electron chi connectivity index (χ2n) is 6.46. The van der Waals surface area contributed by atoms with Gasteiger partial charge in [-0.3, -0.25) is 4.79 Å². The van der Waals surface area contributed by atoms with Crippen molar-refractivity contribution in [1.29, 1.82) is 0 Å². The lowest BCUT2D eigenvalue weighted by Gasteiger charge is -2.21. The second kappa shape index (κ2) is 6.43. The van der Waals surface area contributed by atoms with Gasteiger partial charge in [-0.2, -0.15) is 11.3 Å². The quantitative estimate of drug-likeness (QED) is 0.830. The Morgan fingerprint density at radius 2 is 2.33 bits per heavy atom. The molecule has 4 atom stereocenters. The summed E-state index contributed by atoms with van der Waals surface area (Å²) in [4.78, 5) is 18.7. The van der Waals surface area contributed by atoms with Crippen LogP contribution in [0.15, 0.2) is 29.0 Å². The van der Waals surface area contributed by atoms with E-state index in [1.807, 2.05) is 13.0 Å². The van der Waals surface area contributed by atoms with Gasteiger partial charge < -0.3 is 10.1 Å². The number of amides is 1. The fourth-order valence-electron chi connectivity index (χ4n) is 3.30. The molecule has 1 fully saturated rings. The zero-order valence-corrected chi connectivity index (χ0v) is 15.3. The molecule has 4 heterocycles. The smallest absolute Gasteiger partial charge is 0.226 e. The van der Waals surface area contributed by atoms with E-state index in [1.165, 1.54) is 10.4 Å². The van der Waals surface area contributed by atoms with Crippen LogP contribution in [-0.2, 0) is 16.0 Å². The van der Waals surface area contributed by atoms with Crippen molar-refractivity contribution in [1.82, 2.24) is 10.3 Å². The predicted octanol–water partition coefficient (Wildman–Crippen LogP) is 3.56. The molecule has 2 aliphatic heterocycles. The normalized spacial score (nSPS) is 26.0. The van der Waals surface area contributed by atoms with E-state index in [2.05, 4.69) is 40.1 Å². The minimum atomic E-state index is -0.0767. The van der Waals surface area contributed by atoms with Gasteiger partial charge >= 0.3 is 0 Å². The summed E-state index contributed by atoms with van der Waals surface area (Å²) in [5.74, 6) is 0.00437. The topological polar surface area (TPSA) is 51.2 Å². The van der Waals surface area contributed by atoms with Gasteiger partial charge in [0.15, 0.2) is 0 Å². The van der Waals surface area contributed by atoms with Gasteiger partial charge in [0, 0.05) is 11.3 Å². The Bertz CT molecular complexity index is 747. The Balaban J connectivity index is 1.53. The van der Waals surface area contributed by atoms with Crippen LogP contribution >= 0.6 is 22.7 Å². The lowest BCUT2D eigenvalue weighted by molar-refractivity contribution is -0.126. The van der Waals surface area contributed by atoms with E-state index in [9.17, 15) is 4.79 Å². The maximum absolute atomic E-state index is 12.8. The standard InChI is InChI=1S/C18H20N2O2S2/c1-10-11(2)24-18(19-10)15(7-12-5-6-23-9-12)20-17(21)14-8-13-3-4-16(14)22-13/h3-6,9,13-16H,7-8H2,1-2H3,(H,20,21)/t13-,14+,15+,16-/m1/s1. The third-order valence-electron chi connectivity index (χ3n) is 4.75. The number of rotatable bonds is 5. The largest absolute Gasteiger partial charge is 0.366 e. The third kappa shape index (κ3) is 3.06. The molecule has 2 aromatic heterocycles. The van der Waals surface area contributed by atoms with Gasteiger partial charge in [-0.1, -0.05) is 12.2 Å². The molecular weight excluding hydrogens is 340 g/mol.